The normalized spacial score (nSPS) is 18.1. The SMILES string of the molecule is CC(C)c1ccc(CNC(=O)CC2CSCCN2)cc1.Cl. The highest BCUT2D eigenvalue weighted by molar-refractivity contribution is 7.99. The molecule has 1 aliphatic rings. The third-order valence-corrected chi connectivity index (χ3v) is 4.70. The molecule has 1 heterocycles. The minimum atomic E-state index is 0. The first-order chi connectivity index (χ1) is 9.65. The Morgan fingerprint density at radius 2 is 2.10 bits per heavy atom. The summed E-state index contributed by atoms with van der Waals surface area (Å²) in [5, 5.41) is 6.39. The zero-order chi connectivity index (χ0) is 14.4. The van der Waals surface area contributed by atoms with Gasteiger partial charge in [0.15, 0.2) is 0 Å². The first-order valence-electron chi connectivity index (χ1n) is 7.32. The van der Waals surface area contributed by atoms with Crippen LogP contribution in [0.5, 0.6) is 0 Å². The molecule has 118 valence electrons. The van der Waals surface area contributed by atoms with E-state index in [2.05, 4.69) is 48.7 Å². The van der Waals surface area contributed by atoms with Crippen LogP contribution in [0.1, 0.15) is 37.3 Å². The van der Waals surface area contributed by atoms with E-state index < -0.39 is 0 Å². The fraction of sp³-hybridized carbons (Fsp3) is 0.562. The Kier molecular flexibility index (Phi) is 8.15. The summed E-state index contributed by atoms with van der Waals surface area (Å²) in [4.78, 5) is 11.9. The summed E-state index contributed by atoms with van der Waals surface area (Å²) in [7, 11) is 0. The number of carbonyl (C=O) groups is 1. The van der Waals surface area contributed by atoms with Crippen LogP contribution < -0.4 is 10.6 Å². The highest BCUT2D eigenvalue weighted by atomic mass is 35.5. The number of carbonyl (C=O) groups excluding carboxylic acids is 1. The lowest BCUT2D eigenvalue weighted by molar-refractivity contribution is -0.121. The summed E-state index contributed by atoms with van der Waals surface area (Å²) in [6.07, 6.45) is 0.580. The van der Waals surface area contributed by atoms with Gasteiger partial charge in [-0.25, -0.2) is 0 Å². The van der Waals surface area contributed by atoms with E-state index in [9.17, 15) is 4.79 Å². The Hall–Kier alpha value is -0.710. The lowest BCUT2D eigenvalue weighted by atomic mass is 10.0. The van der Waals surface area contributed by atoms with Crippen molar-refractivity contribution in [3.63, 3.8) is 0 Å². The van der Waals surface area contributed by atoms with E-state index in [0.29, 0.717) is 24.9 Å². The molecule has 2 rings (SSSR count). The molecule has 5 heteroatoms. The van der Waals surface area contributed by atoms with Crippen molar-refractivity contribution in [2.45, 2.75) is 38.8 Å². The highest BCUT2D eigenvalue weighted by Gasteiger charge is 2.16. The predicted molar refractivity (Wildman–Crippen MR) is 93.4 cm³/mol. The lowest BCUT2D eigenvalue weighted by Crippen LogP contribution is -2.41. The van der Waals surface area contributed by atoms with Gasteiger partial charge >= 0.3 is 0 Å². The van der Waals surface area contributed by atoms with Crippen LogP contribution in [0.4, 0.5) is 0 Å². The monoisotopic (exact) mass is 328 g/mol. The van der Waals surface area contributed by atoms with Crippen LogP contribution in [0.3, 0.4) is 0 Å². The number of benzene rings is 1. The van der Waals surface area contributed by atoms with Crippen LogP contribution in [0.2, 0.25) is 0 Å². The molecule has 21 heavy (non-hydrogen) atoms. The van der Waals surface area contributed by atoms with Gasteiger partial charge in [-0.1, -0.05) is 38.1 Å². The molecule has 0 aromatic heterocycles. The molecule has 1 aromatic carbocycles. The standard InChI is InChI=1S/C16H24N2OS.ClH/c1-12(2)14-5-3-13(4-6-14)10-18-16(19)9-15-11-20-8-7-17-15;/h3-6,12,15,17H,7-11H2,1-2H3,(H,18,19);1H. The number of rotatable bonds is 5. The van der Waals surface area contributed by atoms with E-state index in [4.69, 9.17) is 0 Å². The maximum atomic E-state index is 11.9. The second kappa shape index (κ2) is 9.34. The Bertz CT molecular complexity index is 430. The van der Waals surface area contributed by atoms with Crippen molar-refractivity contribution in [1.29, 1.82) is 0 Å². The predicted octanol–water partition coefficient (Wildman–Crippen LogP) is 2.94. The molecule has 0 radical (unpaired) electrons. The fourth-order valence-electron chi connectivity index (χ4n) is 2.27. The molecule has 0 saturated carbocycles. The zero-order valence-corrected chi connectivity index (χ0v) is 14.4. The molecule has 1 unspecified atom stereocenters. The van der Waals surface area contributed by atoms with Gasteiger partial charge < -0.3 is 10.6 Å². The fourth-order valence-corrected chi connectivity index (χ4v) is 3.22. The first kappa shape index (κ1) is 18.3. The second-order valence-corrected chi connectivity index (χ2v) is 6.75. The highest BCUT2D eigenvalue weighted by Crippen LogP contribution is 2.14. The molecule has 1 aromatic rings. The van der Waals surface area contributed by atoms with Crippen LogP contribution in [0.25, 0.3) is 0 Å². The number of hydrogen-bond donors (Lipinski definition) is 2. The molecular weight excluding hydrogens is 304 g/mol. The molecule has 1 aliphatic heterocycles. The second-order valence-electron chi connectivity index (χ2n) is 5.60. The number of hydrogen-bond acceptors (Lipinski definition) is 3. The van der Waals surface area contributed by atoms with Gasteiger partial charge in [0.05, 0.1) is 0 Å². The van der Waals surface area contributed by atoms with E-state index in [1.165, 1.54) is 5.56 Å². The molecule has 1 atom stereocenters. The Morgan fingerprint density at radius 1 is 1.38 bits per heavy atom. The van der Waals surface area contributed by atoms with Crippen molar-refractivity contribution < 1.29 is 4.79 Å². The first-order valence-corrected chi connectivity index (χ1v) is 8.47. The largest absolute Gasteiger partial charge is 0.352 e. The third-order valence-electron chi connectivity index (χ3n) is 3.57. The van der Waals surface area contributed by atoms with Crippen LogP contribution >= 0.6 is 24.2 Å². The third kappa shape index (κ3) is 6.29. The van der Waals surface area contributed by atoms with E-state index in [1.54, 1.807) is 0 Å². The summed E-state index contributed by atoms with van der Waals surface area (Å²) < 4.78 is 0. The smallest absolute Gasteiger partial charge is 0.221 e. The number of amides is 1. The summed E-state index contributed by atoms with van der Waals surface area (Å²) in [6.45, 7) is 6.01. The van der Waals surface area contributed by atoms with Gasteiger partial charge in [0.1, 0.15) is 0 Å². The van der Waals surface area contributed by atoms with Gasteiger partial charge in [-0.05, 0) is 17.0 Å². The molecule has 2 N–H and O–H groups in total. The van der Waals surface area contributed by atoms with Crippen molar-refractivity contribution in [3.05, 3.63) is 35.4 Å². The van der Waals surface area contributed by atoms with E-state index >= 15 is 0 Å². The Labute approximate surface area is 138 Å². The quantitative estimate of drug-likeness (QED) is 0.873. The van der Waals surface area contributed by atoms with E-state index in [-0.39, 0.29) is 18.3 Å². The lowest BCUT2D eigenvalue weighted by Gasteiger charge is -2.22. The average molecular weight is 329 g/mol. The molecule has 1 fully saturated rings. The molecule has 1 amide bonds. The number of halogens is 1. The average Bonchev–Trinajstić information content (AvgIpc) is 2.46. The molecular formula is C16H25ClN2OS. The molecule has 1 saturated heterocycles. The van der Waals surface area contributed by atoms with Gasteiger partial charge in [0.25, 0.3) is 0 Å². The van der Waals surface area contributed by atoms with Gasteiger partial charge in [-0.15, -0.1) is 12.4 Å². The molecule has 0 bridgehead atoms. The van der Waals surface area contributed by atoms with Crippen molar-refractivity contribution in [2.24, 2.45) is 0 Å². The molecule has 3 nitrogen and oxygen atoms in total. The number of nitrogens with one attached hydrogen (secondary N) is 2. The Balaban J connectivity index is 0.00000220. The van der Waals surface area contributed by atoms with Crippen molar-refractivity contribution >= 4 is 30.1 Å². The van der Waals surface area contributed by atoms with Crippen LogP contribution in [-0.2, 0) is 11.3 Å². The summed E-state index contributed by atoms with van der Waals surface area (Å²) in [5.74, 6) is 2.88. The summed E-state index contributed by atoms with van der Waals surface area (Å²) in [6, 6.07) is 8.82. The molecule has 0 aliphatic carbocycles. The maximum absolute atomic E-state index is 11.9. The Morgan fingerprint density at radius 3 is 2.67 bits per heavy atom. The van der Waals surface area contributed by atoms with Gasteiger partial charge in [-0.3, -0.25) is 4.79 Å². The van der Waals surface area contributed by atoms with Crippen LogP contribution in [0.15, 0.2) is 24.3 Å². The van der Waals surface area contributed by atoms with E-state index in [1.807, 2.05) is 11.8 Å². The van der Waals surface area contributed by atoms with E-state index in [0.717, 1.165) is 23.6 Å². The maximum Gasteiger partial charge on any atom is 0.221 e. The summed E-state index contributed by atoms with van der Waals surface area (Å²) >= 11 is 1.92. The van der Waals surface area contributed by atoms with Crippen LogP contribution in [0, 0.1) is 0 Å². The minimum absolute atomic E-state index is 0. The van der Waals surface area contributed by atoms with Crippen molar-refractivity contribution in [1.82, 2.24) is 10.6 Å². The number of thioether (sulfide) groups is 1. The van der Waals surface area contributed by atoms with Gasteiger partial charge in [-0.2, -0.15) is 11.8 Å². The zero-order valence-electron chi connectivity index (χ0n) is 12.7. The minimum Gasteiger partial charge on any atom is -0.352 e. The van der Waals surface area contributed by atoms with Crippen LogP contribution in [-0.4, -0.2) is 30.0 Å². The summed E-state index contributed by atoms with van der Waals surface area (Å²) in [5.41, 5.74) is 2.50. The topological polar surface area (TPSA) is 41.1 Å². The van der Waals surface area contributed by atoms with Gasteiger partial charge in [0.2, 0.25) is 5.91 Å². The molecule has 0 spiro atoms. The van der Waals surface area contributed by atoms with Gasteiger partial charge in [0, 0.05) is 37.1 Å². The van der Waals surface area contributed by atoms with Crippen molar-refractivity contribution in [3.8, 4) is 0 Å². The van der Waals surface area contributed by atoms with Crippen molar-refractivity contribution in [2.75, 3.05) is 18.1 Å².